The molecule has 0 unspecified atom stereocenters. The summed E-state index contributed by atoms with van der Waals surface area (Å²) in [6.07, 6.45) is 5.45. The Kier molecular flexibility index (Phi) is 5.47. The number of hydrogen-bond acceptors (Lipinski definition) is 5. The summed E-state index contributed by atoms with van der Waals surface area (Å²) in [5.41, 5.74) is 3.30. The van der Waals surface area contributed by atoms with Crippen molar-refractivity contribution in [2.75, 3.05) is 13.1 Å². The van der Waals surface area contributed by atoms with Crippen molar-refractivity contribution >= 4 is 0 Å². The maximum atomic E-state index is 11.6. The second-order valence-electron chi connectivity index (χ2n) is 8.95. The summed E-state index contributed by atoms with van der Waals surface area (Å²) in [5.74, 6) is 1.63. The van der Waals surface area contributed by atoms with E-state index in [-0.39, 0.29) is 5.92 Å². The highest BCUT2D eigenvalue weighted by molar-refractivity contribution is 5.30. The van der Waals surface area contributed by atoms with E-state index in [2.05, 4.69) is 40.0 Å². The standard InChI is InChI=1S/C26H29N3O2/c1-19-6-5-13-28-25(19)26(30)11-10-21-16-29(17-24(21)26)15-20-7-4-9-23(14-20)31-18-22-8-2-3-12-27-22/h2-9,12-14,21,24,30H,10-11,15-18H2,1H3/t21-,24+,26-/m1/s1. The van der Waals surface area contributed by atoms with Crippen LogP contribution in [0.3, 0.4) is 0 Å². The van der Waals surface area contributed by atoms with Crippen molar-refractivity contribution in [2.45, 2.75) is 38.5 Å². The average molecular weight is 416 g/mol. The third-order valence-electron chi connectivity index (χ3n) is 6.86. The summed E-state index contributed by atoms with van der Waals surface area (Å²) < 4.78 is 5.95. The Hall–Kier alpha value is -2.76. The molecule has 3 aromatic rings. The molecule has 1 N–H and O–H groups in total. The van der Waals surface area contributed by atoms with Crippen molar-refractivity contribution in [3.63, 3.8) is 0 Å². The molecule has 3 heterocycles. The molecule has 0 bridgehead atoms. The molecule has 31 heavy (non-hydrogen) atoms. The number of aryl methyl sites for hydroxylation is 1. The zero-order valence-electron chi connectivity index (χ0n) is 17.9. The monoisotopic (exact) mass is 415 g/mol. The largest absolute Gasteiger partial charge is 0.487 e. The van der Waals surface area contributed by atoms with Gasteiger partial charge < -0.3 is 9.84 Å². The molecule has 0 radical (unpaired) electrons. The molecule has 0 spiro atoms. The maximum Gasteiger partial charge on any atom is 0.130 e. The maximum absolute atomic E-state index is 11.6. The molecule has 3 atom stereocenters. The summed E-state index contributed by atoms with van der Waals surface area (Å²) in [7, 11) is 0. The fourth-order valence-corrected chi connectivity index (χ4v) is 5.38. The van der Waals surface area contributed by atoms with Crippen LogP contribution in [0.4, 0.5) is 0 Å². The fraction of sp³-hybridized carbons (Fsp3) is 0.385. The van der Waals surface area contributed by atoms with Crippen molar-refractivity contribution < 1.29 is 9.84 Å². The highest BCUT2D eigenvalue weighted by Gasteiger charge is 2.53. The zero-order chi connectivity index (χ0) is 21.3. The first-order chi connectivity index (χ1) is 15.1. The van der Waals surface area contributed by atoms with E-state index in [1.165, 1.54) is 5.56 Å². The Labute approximate surface area is 183 Å². The minimum atomic E-state index is -0.807. The third kappa shape index (κ3) is 4.08. The van der Waals surface area contributed by atoms with E-state index < -0.39 is 5.60 Å². The lowest BCUT2D eigenvalue weighted by atomic mass is 9.83. The normalized spacial score (nSPS) is 25.5. The van der Waals surface area contributed by atoms with E-state index >= 15 is 0 Å². The van der Waals surface area contributed by atoms with E-state index in [0.717, 1.165) is 55.2 Å². The third-order valence-corrected chi connectivity index (χ3v) is 6.86. The van der Waals surface area contributed by atoms with Crippen LogP contribution in [0.25, 0.3) is 0 Å². The number of aromatic nitrogens is 2. The van der Waals surface area contributed by atoms with Gasteiger partial charge in [0.2, 0.25) is 0 Å². The second kappa shape index (κ2) is 8.40. The van der Waals surface area contributed by atoms with Gasteiger partial charge in [0.15, 0.2) is 0 Å². The van der Waals surface area contributed by atoms with E-state index in [1.54, 1.807) is 12.4 Å². The molecule has 2 aromatic heterocycles. The van der Waals surface area contributed by atoms with Crippen molar-refractivity contribution in [3.8, 4) is 5.75 Å². The number of pyridine rings is 2. The summed E-state index contributed by atoms with van der Waals surface area (Å²) in [4.78, 5) is 11.4. The molecule has 1 aromatic carbocycles. The van der Waals surface area contributed by atoms with Gasteiger partial charge in [-0.25, -0.2) is 0 Å². The zero-order valence-corrected chi connectivity index (χ0v) is 17.9. The quantitative estimate of drug-likeness (QED) is 0.657. The van der Waals surface area contributed by atoms with Crippen LogP contribution in [0.1, 0.15) is 35.4 Å². The Morgan fingerprint density at radius 2 is 1.97 bits per heavy atom. The van der Waals surface area contributed by atoms with Gasteiger partial charge in [-0.05, 0) is 67.1 Å². The van der Waals surface area contributed by atoms with E-state index in [1.807, 2.05) is 36.4 Å². The molecule has 2 aliphatic rings. The Balaban J connectivity index is 1.25. The lowest BCUT2D eigenvalue weighted by Crippen LogP contribution is -2.36. The van der Waals surface area contributed by atoms with Gasteiger partial charge in [0, 0.05) is 37.9 Å². The van der Waals surface area contributed by atoms with E-state index in [4.69, 9.17) is 4.74 Å². The number of benzene rings is 1. The molecule has 0 amide bonds. The first-order valence-electron chi connectivity index (χ1n) is 11.1. The first-order valence-corrected chi connectivity index (χ1v) is 11.1. The van der Waals surface area contributed by atoms with Gasteiger partial charge in [0.05, 0.1) is 11.4 Å². The van der Waals surface area contributed by atoms with Gasteiger partial charge in [0.25, 0.3) is 0 Å². The fourth-order valence-electron chi connectivity index (χ4n) is 5.38. The highest BCUT2D eigenvalue weighted by Crippen LogP contribution is 2.50. The number of fused-ring (bicyclic) bond motifs is 1. The molecule has 1 aliphatic carbocycles. The van der Waals surface area contributed by atoms with Crippen LogP contribution in [0.5, 0.6) is 5.75 Å². The topological polar surface area (TPSA) is 58.5 Å². The van der Waals surface area contributed by atoms with Crippen LogP contribution in [-0.4, -0.2) is 33.1 Å². The molecule has 5 rings (SSSR count). The molecule has 2 fully saturated rings. The predicted molar refractivity (Wildman–Crippen MR) is 119 cm³/mol. The van der Waals surface area contributed by atoms with Crippen molar-refractivity contribution in [3.05, 3.63) is 89.5 Å². The van der Waals surface area contributed by atoms with Crippen LogP contribution in [0.2, 0.25) is 0 Å². The number of rotatable bonds is 6. The molecular formula is C26H29N3O2. The van der Waals surface area contributed by atoms with Crippen LogP contribution in [0, 0.1) is 18.8 Å². The predicted octanol–water partition coefficient (Wildman–Crippen LogP) is 4.09. The summed E-state index contributed by atoms with van der Waals surface area (Å²) in [6, 6.07) is 18.2. The van der Waals surface area contributed by atoms with E-state index in [9.17, 15) is 5.11 Å². The molecular weight excluding hydrogens is 386 g/mol. The first kappa shape index (κ1) is 20.2. The number of nitrogens with zero attached hydrogens (tertiary/aromatic N) is 3. The highest BCUT2D eigenvalue weighted by atomic mass is 16.5. The smallest absolute Gasteiger partial charge is 0.130 e. The van der Waals surface area contributed by atoms with Gasteiger partial charge in [0.1, 0.15) is 18.0 Å². The number of likely N-dealkylation sites (tertiary alicyclic amines) is 1. The van der Waals surface area contributed by atoms with E-state index in [0.29, 0.717) is 12.5 Å². The van der Waals surface area contributed by atoms with Gasteiger partial charge >= 0.3 is 0 Å². The molecule has 5 nitrogen and oxygen atoms in total. The minimum absolute atomic E-state index is 0.240. The Bertz CT molecular complexity index is 1040. The minimum Gasteiger partial charge on any atom is -0.487 e. The van der Waals surface area contributed by atoms with Crippen LogP contribution in [-0.2, 0) is 18.8 Å². The number of aliphatic hydroxyl groups is 1. The van der Waals surface area contributed by atoms with Crippen LogP contribution in [0.15, 0.2) is 67.0 Å². The molecule has 5 heteroatoms. The van der Waals surface area contributed by atoms with Gasteiger partial charge in [-0.2, -0.15) is 0 Å². The lowest BCUT2D eigenvalue weighted by molar-refractivity contribution is -0.0114. The summed E-state index contributed by atoms with van der Waals surface area (Å²) in [5, 5.41) is 11.6. The van der Waals surface area contributed by atoms with Crippen LogP contribution >= 0.6 is 0 Å². The van der Waals surface area contributed by atoms with Gasteiger partial charge in [-0.15, -0.1) is 0 Å². The number of ether oxygens (including phenoxy) is 1. The van der Waals surface area contributed by atoms with Crippen molar-refractivity contribution in [2.24, 2.45) is 11.8 Å². The van der Waals surface area contributed by atoms with Gasteiger partial charge in [-0.1, -0.05) is 24.3 Å². The van der Waals surface area contributed by atoms with Crippen molar-refractivity contribution in [1.29, 1.82) is 0 Å². The van der Waals surface area contributed by atoms with Crippen LogP contribution < -0.4 is 4.74 Å². The second-order valence-corrected chi connectivity index (χ2v) is 8.95. The Morgan fingerprint density at radius 3 is 2.81 bits per heavy atom. The average Bonchev–Trinajstić information content (AvgIpc) is 3.33. The molecule has 160 valence electrons. The number of hydrogen-bond donors (Lipinski definition) is 1. The molecule has 1 saturated heterocycles. The van der Waals surface area contributed by atoms with Crippen molar-refractivity contribution in [1.82, 2.24) is 14.9 Å². The summed E-state index contributed by atoms with van der Waals surface area (Å²) >= 11 is 0. The van der Waals surface area contributed by atoms with Gasteiger partial charge in [-0.3, -0.25) is 14.9 Å². The summed E-state index contributed by atoms with van der Waals surface area (Å²) in [6.45, 7) is 5.31. The molecule has 1 saturated carbocycles. The SMILES string of the molecule is Cc1cccnc1[C@@]1(O)CC[C@@H]2CN(Cc3cccc(OCc4ccccn4)c3)C[C@@H]21. The lowest BCUT2D eigenvalue weighted by Gasteiger charge is -2.31. The Morgan fingerprint density at radius 1 is 1.06 bits per heavy atom. The molecule has 1 aliphatic heterocycles.